The predicted octanol–water partition coefficient (Wildman–Crippen LogP) is 0.883. The Morgan fingerprint density at radius 2 is 1.90 bits per heavy atom. The molecular weight excluding hydrogens is 252 g/mol. The van der Waals surface area contributed by atoms with Crippen molar-refractivity contribution in [2.24, 2.45) is 17.2 Å². The summed E-state index contributed by atoms with van der Waals surface area (Å²) < 4.78 is 0. The number of primary amides is 1. The number of amides is 1. The van der Waals surface area contributed by atoms with Crippen molar-refractivity contribution in [1.29, 1.82) is 0 Å². The third-order valence-corrected chi connectivity index (χ3v) is 3.06. The van der Waals surface area contributed by atoms with Crippen LogP contribution in [-0.2, 0) is 10.3 Å². The molecule has 20 heavy (non-hydrogen) atoms. The van der Waals surface area contributed by atoms with Crippen molar-refractivity contribution in [2.75, 3.05) is 5.73 Å². The Balaban J connectivity index is 3.70. The Hall–Kier alpha value is -2.53. The lowest BCUT2D eigenvalue weighted by Crippen LogP contribution is -2.51. The molecule has 0 aliphatic carbocycles. The van der Waals surface area contributed by atoms with Crippen LogP contribution in [0.25, 0.3) is 0 Å². The minimum Gasteiger partial charge on any atom is -0.398 e. The number of hydrogen-bond acceptors (Lipinski definition) is 4. The SMILES string of the molecule is C=C/C(N)=C(\C=C/C)C(N)(C(N)=O)c1ccccc1N. The number of hydrogen-bond donors (Lipinski definition) is 4. The largest absolute Gasteiger partial charge is 0.398 e. The average molecular weight is 272 g/mol. The van der Waals surface area contributed by atoms with E-state index in [9.17, 15) is 4.79 Å². The van der Waals surface area contributed by atoms with Gasteiger partial charge in [-0.15, -0.1) is 0 Å². The zero-order valence-corrected chi connectivity index (χ0v) is 11.5. The minimum absolute atomic E-state index is 0.271. The fraction of sp³-hybridized carbons (Fsp3) is 0.133. The number of carbonyl (C=O) groups excluding carboxylic acids is 1. The number of carbonyl (C=O) groups is 1. The van der Waals surface area contributed by atoms with Gasteiger partial charge in [0.25, 0.3) is 0 Å². The standard InChI is InChI=1S/C15H20N4O/c1-3-7-10(12(16)4-2)15(19,14(18)20)11-8-5-6-9-13(11)17/h3-9H,2,16-17,19H2,1H3,(H2,18,20)/b7-3-,12-10-. The minimum atomic E-state index is -1.61. The van der Waals surface area contributed by atoms with E-state index in [4.69, 9.17) is 22.9 Å². The van der Waals surface area contributed by atoms with Crippen molar-refractivity contribution < 1.29 is 4.79 Å². The molecule has 5 heteroatoms. The van der Waals surface area contributed by atoms with Crippen molar-refractivity contribution in [1.82, 2.24) is 0 Å². The van der Waals surface area contributed by atoms with Crippen LogP contribution in [0.15, 0.2) is 60.3 Å². The molecule has 1 aromatic carbocycles. The van der Waals surface area contributed by atoms with Crippen LogP contribution in [0.3, 0.4) is 0 Å². The van der Waals surface area contributed by atoms with Gasteiger partial charge in [0, 0.05) is 22.5 Å². The molecule has 0 spiro atoms. The van der Waals surface area contributed by atoms with Crippen molar-refractivity contribution >= 4 is 11.6 Å². The van der Waals surface area contributed by atoms with Gasteiger partial charge in [0.2, 0.25) is 5.91 Å². The summed E-state index contributed by atoms with van der Waals surface area (Å²) in [7, 11) is 0. The molecule has 0 saturated heterocycles. The van der Waals surface area contributed by atoms with Gasteiger partial charge in [-0.2, -0.15) is 0 Å². The van der Waals surface area contributed by atoms with E-state index in [-0.39, 0.29) is 5.70 Å². The molecular formula is C15H20N4O. The third kappa shape index (κ3) is 2.57. The maximum atomic E-state index is 12.0. The molecule has 0 bridgehead atoms. The van der Waals surface area contributed by atoms with Crippen LogP contribution >= 0.6 is 0 Å². The Morgan fingerprint density at radius 1 is 1.30 bits per heavy atom. The van der Waals surface area contributed by atoms with Crippen LogP contribution in [0.4, 0.5) is 5.69 Å². The normalized spacial score (nSPS) is 15.5. The summed E-state index contributed by atoms with van der Waals surface area (Å²) in [6.07, 6.45) is 4.77. The second-order valence-electron chi connectivity index (χ2n) is 4.33. The quantitative estimate of drug-likeness (QED) is 0.469. The fourth-order valence-electron chi connectivity index (χ4n) is 2.00. The zero-order chi connectivity index (χ0) is 15.3. The van der Waals surface area contributed by atoms with Gasteiger partial charge in [-0.1, -0.05) is 36.9 Å². The molecule has 1 atom stereocenters. The van der Waals surface area contributed by atoms with Crippen LogP contribution in [0.1, 0.15) is 12.5 Å². The lowest BCUT2D eigenvalue weighted by atomic mass is 9.80. The van der Waals surface area contributed by atoms with E-state index in [0.29, 0.717) is 16.8 Å². The molecule has 0 radical (unpaired) electrons. The lowest BCUT2D eigenvalue weighted by Gasteiger charge is -2.30. The van der Waals surface area contributed by atoms with Gasteiger partial charge in [0.15, 0.2) is 5.54 Å². The Bertz CT molecular complexity index is 589. The highest BCUT2D eigenvalue weighted by Crippen LogP contribution is 2.32. The summed E-state index contributed by atoms with van der Waals surface area (Å²) in [6, 6.07) is 6.78. The van der Waals surface area contributed by atoms with Gasteiger partial charge >= 0.3 is 0 Å². The predicted molar refractivity (Wildman–Crippen MR) is 82.1 cm³/mol. The Labute approximate surface area is 118 Å². The lowest BCUT2D eigenvalue weighted by molar-refractivity contribution is -0.122. The molecule has 0 heterocycles. The van der Waals surface area contributed by atoms with Crippen LogP contribution < -0.4 is 22.9 Å². The van der Waals surface area contributed by atoms with Crippen molar-refractivity contribution in [3.63, 3.8) is 0 Å². The number of para-hydroxylation sites is 1. The van der Waals surface area contributed by atoms with Crippen LogP contribution in [0.5, 0.6) is 0 Å². The molecule has 0 saturated carbocycles. The first-order chi connectivity index (χ1) is 9.39. The van der Waals surface area contributed by atoms with E-state index in [0.717, 1.165) is 0 Å². The van der Waals surface area contributed by atoms with E-state index in [2.05, 4.69) is 6.58 Å². The molecule has 0 aliphatic rings. The molecule has 1 aromatic rings. The highest BCUT2D eigenvalue weighted by Gasteiger charge is 2.39. The second-order valence-corrected chi connectivity index (χ2v) is 4.33. The maximum absolute atomic E-state index is 12.0. The van der Waals surface area contributed by atoms with Gasteiger partial charge in [-0.05, 0) is 19.1 Å². The van der Waals surface area contributed by atoms with Crippen molar-refractivity contribution in [3.05, 3.63) is 65.9 Å². The molecule has 1 rings (SSSR count). The fourth-order valence-corrected chi connectivity index (χ4v) is 2.00. The first-order valence-corrected chi connectivity index (χ1v) is 6.08. The average Bonchev–Trinajstić information content (AvgIpc) is 2.43. The molecule has 0 fully saturated rings. The molecule has 1 amide bonds. The summed E-state index contributed by atoms with van der Waals surface area (Å²) in [5.41, 5.74) is 23.4. The topological polar surface area (TPSA) is 121 Å². The highest BCUT2D eigenvalue weighted by atomic mass is 16.1. The van der Waals surface area contributed by atoms with E-state index in [1.165, 1.54) is 6.08 Å². The zero-order valence-electron chi connectivity index (χ0n) is 11.5. The molecule has 106 valence electrons. The van der Waals surface area contributed by atoms with Crippen molar-refractivity contribution in [2.45, 2.75) is 12.5 Å². The van der Waals surface area contributed by atoms with E-state index in [1.54, 1.807) is 43.3 Å². The number of rotatable bonds is 5. The molecule has 8 N–H and O–H groups in total. The first kappa shape index (κ1) is 15.5. The van der Waals surface area contributed by atoms with Gasteiger partial charge < -0.3 is 22.9 Å². The number of nitrogen functional groups attached to an aromatic ring is 1. The van der Waals surface area contributed by atoms with E-state index in [1.807, 2.05) is 0 Å². The summed E-state index contributed by atoms with van der Waals surface area (Å²) in [4.78, 5) is 12.0. The summed E-state index contributed by atoms with van der Waals surface area (Å²) in [5.74, 6) is -0.742. The van der Waals surface area contributed by atoms with Gasteiger partial charge in [0.1, 0.15) is 0 Å². The number of anilines is 1. The molecule has 0 aliphatic heterocycles. The maximum Gasteiger partial charge on any atom is 0.246 e. The molecule has 5 nitrogen and oxygen atoms in total. The van der Waals surface area contributed by atoms with Gasteiger partial charge in [-0.25, -0.2) is 0 Å². The monoisotopic (exact) mass is 272 g/mol. The molecule has 0 aromatic heterocycles. The number of nitrogens with two attached hydrogens (primary N) is 4. The van der Waals surface area contributed by atoms with Crippen LogP contribution in [-0.4, -0.2) is 5.91 Å². The van der Waals surface area contributed by atoms with Crippen LogP contribution in [0.2, 0.25) is 0 Å². The van der Waals surface area contributed by atoms with Gasteiger partial charge in [0.05, 0.1) is 0 Å². The smallest absolute Gasteiger partial charge is 0.246 e. The summed E-state index contributed by atoms with van der Waals surface area (Å²) >= 11 is 0. The van der Waals surface area contributed by atoms with Crippen LogP contribution in [0, 0.1) is 0 Å². The highest BCUT2D eigenvalue weighted by molar-refractivity contribution is 5.92. The van der Waals surface area contributed by atoms with E-state index >= 15 is 0 Å². The first-order valence-electron chi connectivity index (χ1n) is 6.08. The van der Waals surface area contributed by atoms with Crippen molar-refractivity contribution in [3.8, 4) is 0 Å². The van der Waals surface area contributed by atoms with Gasteiger partial charge in [-0.3, -0.25) is 4.79 Å². The number of allylic oxidation sites excluding steroid dienone is 2. The molecule has 1 unspecified atom stereocenters. The third-order valence-electron chi connectivity index (χ3n) is 3.06. The van der Waals surface area contributed by atoms with E-state index < -0.39 is 11.4 Å². The summed E-state index contributed by atoms with van der Waals surface area (Å²) in [5, 5.41) is 0. The Kier molecular flexibility index (Phi) is 4.72. The number of benzene rings is 1. The summed E-state index contributed by atoms with van der Waals surface area (Å²) in [6.45, 7) is 5.38. The second kappa shape index (κ2) is 6.08. The Morgan fingerprint density at radius 3 is 2.35 bits per heavy atom.